The first-order valence-electron chi connectivity index (χ1n) is 5.41. The normalized spacial score (nSPS) is 12.3. The summed E-state index contributed by atoms with van der Waals surface area (Å²) in [6.45, 7) is 0. The molecule has 19 heavy (non-hydrogen) atoms. The molecule has 0 spiro atoms. The van der Waals surface area contributed by atoms with Crippen molar-refractivity contribution in [2.45, 2.75) is 6.10 Å². The van der Waals surface area contributed by atoms with E-state index in [0.717, 1.165) is 0 Å². The second-order valence-electron chi connectivity index (χ2n) is 3.76. The molecular formula is C13H12BrClO4. The zero-order valence-electron chi connectivity index (χ0n) is 10.3. The van der Waals surface area contributed by atoms with E-state index in [1.807, 2.05) is 0 Å². The minimum Gasteiger partial charge on any atom is -0.495 e. The first kappa shape index (κ1) is 14.2. The summed E-state index contributed by atoms with van der Waals surface area (Å²) in [6, 6.07) is 5.07. The summed E-state index contributed by atoms with van der Waals surface area (Å²) in [5.74, 6) is 1.11. The first-order chi connectivity index (χ1) is 9.10. The third-order valence-corrected chi connectivity index (χ3v) is 3.81. The van der Waals surface area contributed by atoms with Gasteiger partial charge in [-0.25, -0.2) is 0 Å². The number of hydrogen-bond acceptors (Lipinski definition) is 4. The van der Waals surface area contributed by atoms with Crippen molar-refractivity contribution >= 4 is 27.5 Å². The lowest BCUT2D eigenvalue weighted by Crippen LogP contribution is -2.03. The number of furan rings is 1. The van der Waals surface area contributed by atoms with Crippen molar-refractivity contribution in [2.24, 2.45) is 0 Å². The third kappa shape index (κ3) is 2.59. The number of hydrogen-bond donors (Lipinski definition) is 1. The molecule has 1 aromatic heterocycles. The minimum atomic E-state index is -0.941. The smallest absolute Gasteiger partial charge is 0.199 e. The van der Waals surface area contributed by atoms with Crippen molar-refractivity contribution in [1.82, 2.24) is 0 Å². The van der Waals surface area contributed by atoms with Gasteiger partial charge >= 0.3 is 0 Å². The Morgan fingerprint density at radius 1 is 1.21 bits per heavy atom. The highest BCUT2D eigenvalue weighted by Gasteiger charge is 2.23. The van der Waals surface area contributed by atoms with Crippen LogP contribution in [0.4, 0.5) is 0 Å². The molecule has 2 rings (SSSR count). The van der Waals surface area contributed by atoms with Gasteiger partial charge in [-0.15, -0.1) is 0 Å². The number of aliphatic hydroxyl groups excluding tert-OH is 1. The van der Waals surface area contributed by atoms with E-state index in [1.54, 1.807) is 25.3 Å². The molecule has 6 heteroatoms. The van der Waals surface area contributed by atoms with Gasteiger partial charge in [-0.2, -0.15) is 0 Å². The van der Waals surface area contributed by atoms with Crippen molar-refractivity contribution in [3.05, 3.63) is 45.3 Å². The number of methoxy groups -OCH3 is 2. The van der Waals surface area contributed by atoms with E-state index in [9.17, 15) is 5.11 Å². The lowest BCUT2D eigenvalue weighted by atomic mass is 10.0. The van der Waals surface area contributed by atoms with Gasteiger partial charge in [-0.1, -0.05) is 0 Å². The molecule has 102 valence electrons. The van der Waals surface area contributed by atoms with Crippen LogP contribution in [0.25, 0.3) is 0 Å². The van der Waals surface area contributed by atoms with Gasteiger partial charge in [0.1, 0.15) is 22.1 Å². The predicted octanol–water partition coefficient (Wildman–Crippen LogP) is 3.79. The van der Waals surface area contributed by atoms with Crippen molar-refractivity contribution in [3.8, 4) is 11.5 Å². The fourth-order valence-corrected chi connectivity index (χ4v) is 2.70. The summed E-state index contributed by atoms with van der Waals surface area (Å²) in [7, 11) is 3.08. The SMILES string of the molecule is COc1ccc(C(O)c2ccoc2Cl)c(OC)c1Br. The van der Waals surface area contributed by atoms with E-state index in [1.165, 1.54) is 13.4 Å². The van der Waals surface area contributed by atoms with Crippen LogP contribution in [0, 0.1) is 0 Å². The molecule has 0 radical (unpaired) electrons. The Morgan fingerprint density at radius 3 is 2.47 bits per heavy atom. The molecule has 2 aromatic rings. The van der Waals surface area contributed by atoms with Crippen LogP contribution in [0.3, 0.4) is 0 Å². The highest BCUT2D eigenvalue weighted by molar-refractivity contribution is 9.10. The van der Waals surface area contributed by atoms with Gasteiger partial charge in [0.05, 0.1) is 20.5 Å². The van der Waals surface area contributed by atoms with Gasteiger partial charge < -0.3 is 19.0 Å². The second kappa shape index (κ2) is 5.86. The highest BCUT2D eigenvalue weighted by atomic mass is 79.9. The van der Waals surface area contributed by atoms with E-state index in [2.05, 4.69) is 15.9 Å². The molecule has 1 atom stereocenters. The Kier molecular flexibility index (Phi) is 4.39. The molecule has 1 N–H and O–H groups in total. The Labute approximate surface area is 124 Å². The van der Waals surface area contributed by atoms with Crippen LogP contribution in [-0.4, -0.2) is 19.3 Å². The summed E-state index contributed by atoms with van der Waals surface area (Å²) in [4.78, 5) is 0. The molecular weight excluding hydrogens is 335 g/mol. The monoisotopic (exact) mass is 346 g/mol. The quantitative estimate of drug-likeness (QED) is 0.914. The molecule has 0 saturated carbocycles. The van der Waals surface area contributed by atoms with Crippen LogP contribution in [0.5, 0.6) is 11.5 Å². The van der Waals surface area contributed by atoms with Crippen LogP contribution in [-0.2, 0) is 0 Å². The standard InChI is InChI=1S/C13H12BrClO4/c1-17-9-4-3-7(12(18-2)10(9)14)11(16)8-5-6-19-13(8)15/h3-6,11,16H,1-2H3. The number of benzene rings is 1. The maximum atomic E-state index is 10.4. The Balaban J connectivity index is 2.51. The van der Waals surface area contributed by atoms with Gasteiger partial charge in [0.15, 0.2) is 5.22 Å². The van der Waals surface area contributed by atoms with Crippen LogP contribution in [0.2, 0.25) is 5.22 Å². The molecule has 0 aliphatic carbocycles. The van der Waals surface area contributed by atoms with Gasteiger partial charge in [-0.3, -0.25) is 0 Å². The average Bonchev–Trinajstić information content (AvgIpc) is 2.83. The highest BCUT2D eigenvalue weighted by Crippen LogP contribution is 2.42. The maximum Gasteiger partial charge on any atom is 0.199 e. The van der Waals surface area contributed by atoms with E-state index < -0.39 is 6.10 Å². The van der Waals surface area contributed by atoms with Crippen molar-refractivity contribution in [1.29, 1.82) is 0 Å². The summed E-state index contributed by atoms with van der Waals surface area (Å²) in [5, 5.41) is 10.5. The van der Waals surface area contributed by atoms with Crippen molar-refractivity contribution in [2.75, 3.05) is 14.2 Å². The Bertz CT molecular complexity index is 582. The lowest BCUT2D eigenvalue weighted by molar-refractivity contribution is 0.213. The molecule has 0 aliphatic heterocycles. The van der Waals surface area contributed by atoms with E-state index in [4.69, 9.17) is 25.5 Å². The van der Waals surface area contributed by atoms with E-state index >= 15 is 0 Å². The molecule has 0 fully saturated rings. The fourth-order valence-electron chi connectivity index (χ4n) is 1.80. The zero-order valence-corrected chi connectivity index (χ0v) is 12.7. The van der Waals surface area contributed by atoms with Crippen molar-refractivity contribution < 1.29 is 19.0 Å². The summed E-state index contributed by atoms with van der Waals surface area (Å²) in [5.41, 5.74) is 1.05. The number of aliphatic hydroxyl groups is 1. The maximum absolute atomic E-state index is 10.4. The molecule has 1 unspecified atom stereocenters. The van der Waals surface area contributed by atoms with Crippen LogP contribution in [0.15, 0.2) is 33.4 Å². The second-order valence-corrected chi connectivity index (χ2v) is 4.89. The van der Waals surface area contributed by atoms with E-state index in [0.29, 0.717) is 27.1 Å². The number of halogens is 2. The minimum absolute atomic E-state index is 0.154. The van der Waals surface area contributed by atoms with E-state index in [-0.39, 0.29) is 5.22 Å². The Hall–Kier alpha value is -1.17. The van der Waals surface area contributed by atoms with Crippen molar-refractivity contribution in [3.63, 3.8) is 0 Å². The molecule has 1 aromatic carbocycles. The summed E-state index contributed by atoms with van der Waals surface area (Å²) >= 11 is 9.26. The van der Waals surface area contributed by atoms with Gasteiger partial charge in [0.25, 0.3) is 0 Å². The van der Waals surface area contributed by atoms with Crippen LogP contribution < -0.4 is 9.47 Å². The summed E-state index contributed by atoms with van der Waals surface area (Å²) < 4.78 is 16.1. The zero-order chi connectivity index (χ0) is 14.0. The summed E-state index contributed by atoms with van der Waals surface area (Å²) in [6.07, 6.45) is 0.481. The number of rotatable bonds is 4. The topological polar surface area (TPSA) is 51.8 Å². The van der Waals surface area contributed by atoms with Gasteiger partial charge in [0.2, 0.25) is 0 Å². The Morgan fingerprint density at radius 2 is 1.95 bits per heavy atom. The van der Waals surface area contributed by atoms with Gasteiger partial charge in [-0.05, 0) is 45.7 Å². The van der Waals surface area contributed by atoms with Gasteiger partial charge in [0, 0.05) is 11.1 Å². The average molecular weight is 348 g/mol. The number of ether oxygens (including phenoxy) is 2. The third-order valence-electron chi connectivity index (χ3n) is 2.75. The largest absolute Gasteiger partial charge is 0.495 e. The van der Waals surface area contributed by atoms with Crippen LogP contribution in [0.1, 0.15) is 17.2 Å². The predicted molar refractivity (Wildman–Crippen MR) is 75.0 cm³/mol. The first-order valence-corrected chi connectivity index (χ1v) is 6.58. The molecule has 0 saturated heterocycles. The molecule has 1 heterocycles. The lowest BCUT2D eigenvalue weighted by Gasteiger charge is -2.17. The molecule has 0 amide bonds. The van der Waals surface area contributed by atoms with Crippen LogP contribution >= 0.6 is 27.5 Å². The fraction of sp³-hybridized carbons (Fsp3) is 0.231. The molecule has 0 aliphatic rings. The molecule has 4 nitrogen and oxygen atoms in total. The molecule has 0 bridgehead atoms.